The van der Waals surface area contributed by atoms with Gasteiger partial charge in [-0.2, -0.15) is 0 Å². The van der Waals surface area contributed by atoms with Gasteiger partial charge in [-0.05, 0) is 94.4 Å². The quantitative estimate of drug-likeness (QED) is 0.153. The van der Waals surface area contributed by atoms with Gasteiger partial charge in [0.25, 0.3) is 0 Å². The van der Waals surface area contributed by atoms with Crippen LogP contribution in [0.4, 0.5) is 0 Å². The van der Waals surface area contributed by atoms with Gasteiger partial charge in [0.15, 0.2) is 5.78 Å². The number of hydrogen-bond acceptors (Lipinski definition) is 1. The highest BCUT2D eigenvalue weighted by atomic mass is 16.1. The zero-order valence-corrected chi connectivity index (χ0v) is 21.1. The van der Waals surface area contributed by atoms with Crippen molar-refractivity contribution in [2.75, 3.05) is 0 Å². The maximum atomic E-state index is 13.3. The summed E-state index contributed by atoms with van der Waals surface area (Å²) in [6, 6.07) is 16.6. The van der Waals surface area contributed by atoms with Gasteiger partial charge < -0.3 is 0 Å². The number of rotatable bonds is 10. The number of allylic oxidation sites excluding steroid dienone is 6. The molecule has 2 aromatic carbocycles. The molecule has 0 N–H and O–H groups in total. The normalized spacial score (nSPS) is 15.7. The van der Waals surface area contributed by atoms with Crippen molar-refractivity contribution in [2.24, 2.45) is 5.92 Å². The molecular weight excluding hydrogens is 412 g/mol. The molecule has 0 radical (unpaired) electrons. The Hall–Kier alpha value is -3.15. The lowest BCUT2D eigenvalue weighted by Crippen LogP contribution is -2.03. The maximum absolute atomic E-state index is 13.3. The molecule has 1 nitrogen and oxygen atoms in total. The Morgan fingerprint density at radius 2 is 1.88 bits per heavy atom. The standard InChI is InChI=1S/C33H38O/c1-5-29-16-11-17-30(29)15-8-6-13-28-14-10-18-31(24-28)33(34)32(25(2)3)19-9-7-12-27-22-20-26(4)21-23-27/h6,9-10,13-14,18-24,30H,1,7-8,11-12,15-17H2,2-4H3/b13-6+,19-9-. The Morgan fingerprint density at radius 3 is 2.62 bits per heavy atom. The molecule has 34 heavy (non-hydrogen) atoms. The Labute approximate surface area is 206 Å². The van der Waals surface area contributed by atoms with Crippen LogP contribution in [-0.2, 0) is 6.42 Å². The van der Waals surface area contributed by atoms with Crippen molar-refractivity contribution < 1.29 is 4.79 Å². The highest BCUT2D eigenvalue weighted by Gasteiger charge is 2.19. The molecule has 1 fully saturated rings. The molecule has 1 aliphatic carbocycles. The summed E-state index contributed by atoms with van der Waals surface area (Å²) in [5, 5.41) is 0. The van der Waals surface area contributed by atoms with Gasteiger partial charge >= 0.3 is 0 Å². The fraction of sp³-hybridized carbons (Fsp3) is 0.333. The minimum Gasteiger partial charge on any atom is -0.289 e. The lowest BCUT2D eigenvalue weighted by atomic mass is 9.96. The van der Waals surface area contributed by atoms with Crippen molar-refractivity contribution in [2.45, 2.75) is 65.7 Å². The van der Waals surface area contributed by atoms with Crippen molar-refractivity contribution in [3.8, 4) is 0 Å². The first-order valence-electron chi connectivity index (χ1n) is 12.6. The third-order valence-corrected chi connectivity index (χ3v) is 6.65. The third kappa shape index (κ3) is 7.44. The Morgan fingerprint density at radius 1 is 1.09 bits per heavy atom. The lowest BCUT2D eigenvalue weighted by molar-refractivity contribution is 0.103. The van der Waals surface area contributed by atoms with E-state index in [0.29, 0.717) is 5.92 Å². The summed E-state index contributed by atoms with van der Waals surface area (Å²) in [5.41, 5.74) is 10.8. The highest BCUT2D eigenvalue weighted by Crippen LogP contribution is 2.33. The van der Waals surface area contributed by atoms with Crippen molar-refractivity contribution in [1.29, 1.82) is 0 Å². The van der Waals surface area contributed by atoms with E-state index in [1.54, 1.807) is 0 Å². The molecule has 1 atom stereocenters. The first-order chi connectivity index (χ1) is 16.5. The van der Waals surface area contributed by atoms with E-state index in [0.717, 1.165) is 54.4 Å². The fourth-order valence-electron chi connectivity index (χ4n) is 4.60. The van der Waals surface area contributed by atoms with Crippen LogP contribution in [0.3, 0.4) is 0 Å². The summed E-state index contributed by atoms with van der Waals surface area (Å²) < 4.78 is 0. The fourth-order valence-corrected chi connectivity index (χ4v) is 4.60. The van der Waals surface area contributed by atoms with Crippen LogP contribution in [0.15, 0.2) is 95.8 Å². The monoisotopic (exact) mass is 450 g/mol. The van der Waals surface area contributed by atoms with Crippen molar-refractivity contribution >= 4 is 11.9 Å². The van der Waals surface area contributed by atoms with Gasteiger partial charge in [0.05, 0.1) is 0 Å². The molecule has 0 spiro atoms. The molecule has 0 aromatic heterocycles. The Kier molecular flexibility index (Phi) is 9.68. The van der Waals surface area contributed by atoms with Crippen LogP contribution in [0.2, 0.25) is 0 Å². The topological polar surface area (TPSA) is 17.1 Å². The van der Waals surface area contributed by atoms with E-state index in [2.05, 4.69) is 67.8 Å². The number of aryl methyl sites for hydroxylation is 2. The number of Topliss-reactive ketones (excluding diaryl/α,β-unsaturated/α-hetero) is 1. The molecule has 1 heteroatoms. The predicted octanol–water partition coefficient (Wildman–Crippen LogP) is 9.01. The second-order valence-electron chi connectivity index (χ2n) is 9.57. The van der Waals surface area contributed by atoms with Gasteiger partial charge in [-0.3, -0.25) is 4.79 Å². The molecule has 0 saturated heterocycles. The van der Waals surface area contributed by atoms with Crippen LogP contribution in [0.25, 0.3) is 6.08 Å². The molecular formula is C33H38O. The van der Waals surface area contributed by atoms with Crippen LogP contribution < -0.4 is 0 Å². The summed E-state index contributed by atoms with van der Waals surface area (Å²) in [6.07, 6.45) is 16.3. The van der Waals surface area contributed by atoms with Gasteiger partial charge in [-0.25, -0.2) is 0 Å². The minimum atomic E-state index is 0.0913. The number of ketones is 1. The van der Waals surface area contributed by atoms with Gasteiger partial charge in [0.2, 0.25) is 0 Å². The number of carbonyl (C=O) groups excluding carboxylic acids is 1. The molecule has 2 aromatic rings. The third-order valence-electron chi connectivity index (χ3n) is 6.65. The van der Waals surface area contributed by atoms with Crippen LogP contribution in [0.5, 0.6) is 0 Å². The van der Waals surface area contributed by atoms with Gasteiger partial charge in [-0.15, -0.1) is 5.73 Å². The van der Waals surface area contributed by atoms with E-state index in [1.165, 1.54) is 29.5 Å². The van der Waals surface area contributed by atoms with Crippen molar-refractivity contribution in [3.05, 3.63) is 118 Å². The Balaban J connectivity index is 1.59. The second-order valence-corrected chi connectivity index (χ2v) is 9.57. The zero-order valence-electron chi connectivity index (χ0n) is 21.1. The van der Waals surface area contributed by atoms with Crippen LogP contribution >= 0.6 is 0 Å². The predicted molar refractivity (Wildman–Crippen MR) is 146 cm³/mol. The number of carbonyl (C=O) groups is 1. The molecule has 176 valence electrons. The maximum Gasteiger partial charge on any atom is 0.192 e. The summed E-state index contributed by atoms with van der Waals surface area (Å²) in [7, 11) is 0. The molecule has 1 unspecified atom stereocenters. The van der Waals surface area contributed by atoms with Crippen molar-refractivity contribution in [3.63, 3.8) is 0 Å². The molecule has 1 aliphatic rings. The molecule has 0 bridgehead atoms. The second kappa shape index (κ2) is 12.9. The summed E-state index contributed by atoms with van der Waals surface area (Å²) in [5.74, 6) is 0.738. The van der Waals surface area contributed by atoms with E-state index < -0.39 is 0 Å². The summed E-state index contributed by atoms with van der Waals surface area (Å²) in [4.78, 5) is 13.3. The van der Waals surface area contributed by atoms with E-state index in [-0.39, 0.29) is 5.78 Å². The van der Waals surface area contributed by atoms with Gasteiger partial charge in [0.1, 0.15) is 0 Å². The SMILES string of the molecule is C=C=C1CCCC1CC/C=C/c1cccc(C(=O)C(/C=C\CCc2ccc(C)cc2)=C(C)C)c1. The van der Waals surface area contributed by atoms with Crippen LogP contribution in [-0.4, -0.2) is 5.78 Å². The van der Waals surface area contributed by atoms with Crippen molar-refractivity contribution in [1.82, 2.24) is 0 Å². The minimum absolute atomic E-state index is 0.0913. The number of benzene rings is 2. The lowest BCUT2D eigenvalue weighted by Gasteiger charge is -2.08. The molecule has 3 rings (SSSR count). The van der Waals surface area contributed by atoms with E-state index in [1.807, 2.05) is 38.1 Å². The summed E-state index contributed by atoms with van der Waals surface area (Å²) in [6.45, 7) is 9.97. The molecule has 1 saturated carbocycles. The van der Waals surface area contributed by atoms with E-state index in [4.69, 9.17) is 0 Å². The highest BCUT2D eigenvalue weighted by molar-refractivity contribution is 6.11. The molecule has 0 aliphatic heterocycles. The summed E-state index contributed by atoms with van der Waals surface area (Å²) >= 11 is 0. The largest absolute Gasteiger partial charge is 0.289 e. The van der Waals surface area contributed by atoms with E-state index >= 15 is 0 Å². The first kappa shape index (κ1) is 25.5. The smallest absolute Gasteiger partial charge is 0.192 e. The van der Waals surface area contributed by atoms with Crippen LogP contribution in [0, 0.1) is 12.8 Å². The van der Waals surface area contributed by atoms with Gasteiger partial charge in [0, 0.05) is 11.1 Å². The van der Waals surface area contributed by atoms with E-state index in [9.17, 15) is 4.79 Å². The average molecular weight is 451 g/mol. The Bertz CT molecular complexity index is 1110. The zero-order chi connectivity index (χ0) is 24.3. The van der Waals surface area contributed by atoms with Crippen LogP contribution in [0.1, 0.15) is 79.4 Å². The molecule has 0 heterocycles. The number of hydrogen-bond donors (Lipinski definition) is 0. The molecule has 0 amide bonds. The van der Waals surface area contributed by atoms with Gasteiger partial charge in [-0.1, -0.05) is 84.5 Å². The first-order valence-corrected chi connectivity index (χ1v) is 12.6. The average Bonchev–Trinajstić information content (AvgIpc) is 3.30.